The minimum Gasteiger partial charge on any atom is -0.386 e. The monoisotopic (exact) mass is 216 g/mol. The van der Waals surface area contributed by atoms with Crippen molar-refractivity contribution in [1.29, 1.82) is 0 Å². The first-order valence-electron chi connectivity index (χ1n) is 5.46. The normalized spacial score (nSPS) is 18.4. The third-order valence-electron chi connectivity index (χ3n) is 2.36. The van der Waals surface area contributed by atoms with Crippen LogP contribution < -0.4 is 0 Å². The molecule has 0 bridgehead atoms. The SMILES string of the molecule is CC(C)(C)C1OB(CCCCCS)O1. The largest absolute Gasteiger partial charge is 0.460 e. The van der Waals surface area contributed by atoms with E-state index in [-0.39, 0.29) is 18.8 Å². The first-order chi connectivity index (χ1) is 6.54. The van der Waals surface area contributed by atoms with Crippen LogP contribution in [0.3, 0.4) is 0 Å². The predicted molar refractivity (Wildman–Crippen MR) is 63.7 cm³/mol. The van der Waals surface area contributed by atoms with Gasteiger partial charge in [0.1, 0.15) is 6.29 Å². The van der Waals surface area contributed by atoms with Gasteiger partial charge in [-0.2, -0.15) is 12.6 Å². The first-order valence-corrected chi connectivity index (χ1v) is 6.09. The van der Waals surface area contributed by atoms with Crippen LogP contribution in [0.4, 0.5) is 0 Å². The molecule has 0 amide bonds. The number of hydrogen-bond donors (Lipinski definition) is 1. The van der Waals surface area contributed by atoms with Gasteiger partial charge < -0.3 is 9.31 Å². The van der Waals surface area contributed by atoms with Gasteiger partial charge in [-0.25, -0.2) is 0 Å². The Labute approximate surface area is 93.3 Å². The van der Waals surface area contributed by atoms with Crippen molar-refractivity contribution in [3.05, 3.63) is 0 Å². The maximum absolute atomic E-state index is 5.64. The molecule has 0 N–H and O–H groups in total. The summed E-state index contributed by atoms with van der Waals surface area (Å²) in [5.74, 6) is 0.983. The van der Waals surface area contributed by atoms with Gasteiger partial charge >= 0.3 is 7.12 Å². The zero-order valence-electron chi connectivity index (χ0n) is 9.45. The molecule has 0 atom stereocenters. The highest BCUT2D eigenvalue weighted by atomic mass is 32.1. The molecular formula is C10H21BO2S. The average molecular weight is 216 g/mol. The summed E-state index contributed by atoms with van der Waals surface area (Å²) in [6, 6.07) is 0. The van der Waals surface area contributed by atoms with Crippen molar-refractivity contribution in [2.75, 3.05) is 5.75 Å². The molecule has 14 heavy (non-hydrogen) atoms. The summed E-state index contributed by atoms with van der Waals surface area (Å²) in [7, 11) is 0.0548. The van der Waals surface area contributed by atoms with E-state index in [1.807, 2.05) is 0 Å². The molecule has 1 rings (SSSR count). The Balaban J connectivity index is 1.99. The number of thiol groups is 1. The van der Waals surface area contributed by atoms with Crippen LogP contribution in [0.1, 0.15) is 40.0 Å². The molecule has 0 saturated carbocycles. The molecule has 0 spiro atoms. The quantitative estimate of drug-likeness (QED) is 0.432. The zero-order chi connectivity index (χ0) is 10.6. The van der Waals surface area contributed by atoms with E-state index in [4.69, 9.17) is 9.31 Å². The number of rotatable bonds is 5. The van der Waals surface area contributed by atoms with E-state index < -0.39 is 0 Å². The highest BCUT2D eigenvalue weighted by molar-refractivity contribution is 7.80. The molecule has 1 saturated heterocycles. The zero-order valence-corrected chi connectivity index (χ0v) is 10.3. The molecule has 1 fully saturated rings. The summed E-state index contributed by atoms with van der Waals surface area (Å²) in [5, 5.41) is 0. The Morgan fingerprint density at radius 3 is 2.29 bits per heavy atom. The van der Waals surface area contributed by atoms with Gasteiger partial charge in [0.2, 0.25) is 0 Å². The lowest BCUT2D eigenvalue weighted by Gasteiger charge is -2.42. The molecular weight excluding hydrogens is 195 g/mol. The average Bonchev–Trinajstić information content (AvgIpc) is 1.98. The second-order valence-electron chi connectivity index (χ2n) is 4.97. The van der Waals surface area contributed by atoms with Crippen LogP contribution >= 0.6 is 12.6 Å². The smallest absolute Gasteiger partial charge is 0.386 e. The maximum atomic E-state index is 5.64. The van der Waals surface area contributed by atoms with E-state index in [1.165, 1.54) is 19.3 Å². The fourth-order valence-corrected chi connectivity index (χ4v) is 1.65. The summed E-state index contributed by atoms with van der Waals surface area (Å²) in [4.78, 5) is 0. The maximum Gasteiger partial charge on any atom is 0.460 e. The third-order valence-corrected chi connectivity index (χ3v) is 2.67. The Hall–Kier alpha value is 0.335. The van der Waals surface area contributed by atoms with Crippen LogP contribution in [0.2, 0.25) is 6.32 Å². The molecule has 0 radical (unpaired) electrons. The van der Waals surface area contributed by atoms with Gasteiger partial charge in [-0.3, -0.25) is 0 Å². The highest BCUT2D eigenvalue weighted by Gasteiger charge is 2.42. The summed E-state index contributed by atoms with van der Waals surface area (Å²) < 4.78 is 11.3. The van der Waals surface area contributed by atoms with Gasteiger partial charge in [-0.15, -0.1) is 0 Å². The van der Waals surface area contributed by atoms with Crippen molar-refractivity contribution in [2.45, 2.75) is 52.6 Å². The Bertz CT molecular complexity index is 164. The first kappa shape index (κ1) is 12.4. The lowest BCUT2D eigenvalue weighted by atomic mass is 9.76. The van der Waals surface area contributed by atoms with E-state index in [2.05, 4.69) is 33.4 Å². The van der Waals surface area contributed by atoms with Crippen LogP contribution in [0.15, 0.2) is 0 Å². The molecule has 2 nitrogen and oxygen atoms in total. The van der Waals surface area contributed by atoms with Crippen molar-refractivity contribution in [3.63, 3.8) is 0 Å². The van der Waals surface area contributed by atoms with Crippen molar-refractivity contribution in [1.82, 2.24) is 0 Å². The standard InChI is InChI=1S/C10H21BO2S/c1-10(2,3)9-12-11(13-9)7-5-4-6-8-14/h9,14H,4-8H2,1-3H3. The van der Waals surface area contributed by atoms with Crippen molar-refractivity contribution < 1.29 is 9.31 Å². The van der Waals surface area contributed by atoms with E-state index in [9.17, 15) is 0 Å². The Morgan fingerprint density at radius 2 is 1.79 bits per heavy atom. The van der Waals surface area contributed by atoms with E-state index in [0.29, 0.717) is 0 Å². The highest BCUT2D eigenvalue weighted by Crippen LogP contribution is 2.32. The van der Waals surface area contributed by atoms with Crippen LogP contribution in [-0.4, -0.2) is 19.2 Å². The summed E-state index contributed by atoms with van der Waals surface area (Å²) in [6.07, 6.45) is 4.63. The van der Waals surface area contributed by atoms with Crippen LogP contribution in [-0.2, 0) is 9.31 Å². The van der Waals surface area contributed by atoms with Gasteiger partial charge in [-0.1, -0.05) is 33.6 Å². The topological polar surface area (TPSA) is 18.5 Å². The molecule has 1 heterocycles. The summed E-state index contributed by atoms with van der Waals surface area (Å²) >= 11 is 4.17. The molecule has 0 aromatic carbocycles. The lowest BCUT2D eigenvalue weighted by molar-refractivity contribution is -0.173. The van der Waals surface area contributed by atoms with Gasteiger partial charge in [0.05, 0.1) is 0 Å². The van der Waals surface area contributed by atoms with E-state index >= 15 is 0 Å². The molecule has 0 unspecified atom stereocenters. The third kappa shape index (κ3) is 3.83. The molecule has 82 valence electrons. The second-order valence-corrected chi connectivity index (χ2v) is 5.42. The molecule has 1 aliphatic heterocycles. The predicted octanol–water partition coefficient (Wildman–Crippen LogP) is 2.99. The van der Waals surface area contributed by atoms with Crippen molar-refractivity contribution in [3.8, 4) is 0 Å². The van der Waals surface area contributed by atoms with Gasteiger partial charge in [0, 0.05) is 5.41 Å². The Kier molecular flexibility index (Phi) is 4.81. The van der Waals surface area contributed by atoms with Crippen molar-refractivity contribution in [2.24, 2.45) is 5.41 Å². The van der Waals surface area contributed by atoms with Crippen LogP contribution in [0, 0.1) is 5.41 Å². The summed E-state index contributed by atoms with van der Waals surface area (Å²) in [6.45, 7) is 6.40. The fourth-order valence-electron chi connectivity index (χ4n) is 1.43. The number of hydrogen-bond acceptors (Lipinski definition) is 3. The minimum atomic E-state index is -0.00243. The molecule has 4 heteroatoms. The van der Waals surface area contributed by atoms with Gasteiger partial charge in [-0.05, 0) is 18.5 Å². The minimum absolute atomic E-state index is 0.00243. The van der Waals surface area contributed by atoms with E-state index in [0.717, 1.165) is 12.1 Å². The lowest BCUT2D eigenvalue weighted by Crippen LogP contribution is -2.51. The number of unbranched alkanes of at least 4 members (excludes halogenated alkanes) is 2. The Morgan fingerprint density at radius 1 is 1.14 bits per heavy atom. The summed E-state index contributed by atoms with van der Waals surface area (Å²) in [5.41, 5.74) is 0.113. The van der Waals surface area contributed by atoms with Gasteiger partial charge in [0.15, 0.2) is 0 Å². The molecule has 0 aliphatic carbocycles. The molecule has 0 aromatic rings. The van der Waals surface area contributed by atoms with Crippen LogP contribution in [0.25, 0.3) is 0 Å². The van der Waals surface area contributed by atoms with E-state index in [1.54, 1.807) is 0 Å². The molecule has 1 aliphatic rings. The van der Waals surface area contributed by atoms with Crippen molar-refractivity contribution >= 4 is 19.7 Å². The fraction of sp³-hybridized carbons (Fsp3) is 1.00. The molecule has 0 aromatic heterocycles. The second kappa shape index (κ2) is 5.43. The van der Waals surface area contributed by atoms with Gasteiger partial charge in [0.25, 0.3) is 0 Å². The van der Waals surface area contributed by atoms with Crippen LogP contribution in [0.5, 0.6) is 0 Å².